The van der Waals surface area contributed by atoms with Crippen molar-refractivity contribution in [3.8, 4) is 5.75 Å². The summed E-state index contributed by atoms with van der Waals surface area (Å²) in [4.78, 5) is 0.149. The molecule has 3 aromatic carbocycles. The van der Waals surface area contributed by atoms with Gasteiger partial charge in [0.05, 0.1) is 0 Å². The second kappa shape index (κ2) is 5.39. The van der Waals surface area contributed by atoms with Crippen LogP contribution >= 0.6 is 11.6 Å². The van der Waals surface area contributed by atoms with Gasteiger partial charge in [-0.15, -0.1) is 0 Å². The third-order valence-corrected chi connectivity index (χ3v) is 4.60. The van der Waals surface area contributed by atoms with Crippen LogP contribution in [-0.4, -0.2) is 8.42 Å². The maximum Gasteiger partial charge on any atom is 0.339 e. The standard InChI is InChI=1S/C16H11ClO3S/c17-13-8-10-14(11-9-13)20-21(18,19)16-7-3-5-12-4-1-2-6-15(12)16/h1-11H. The Morgan fingerprint density at radius 2 is 1.48 bits per heavy atom. The van der Waals surface area contributed by atoms with Gasteiger partial charge in [-0.05, 0) is 35.7 Å². The first-order valence-corrected chi connectivity index (χ1v) is 8.03. The summed E-state index contributed by atoms with van der Waals surface area (Å²) in [5, 5.41) is 2.00. The van der Waals surface area contributed by atoms with Gasteiger partial charge >= 0.3 is 10.1 Å². The Hall–Kier alpha value is -2.04. The molecule has 0 aliphatic rings. The van der Waals surface area contributed by atoms with Crippen molar-refractivity contribution in [3.05, 3.63) is 71.8 Å². The van der Waals surface area contributed by atoms with E-state index in [1.165, 1.54) is 18.2 Å². The minimum atomic E-state index is -3.90. The summed E-state index contributed by atoms with van der Waals surface area (Å²) in [5.41, 5.74) is 0. The van der Waals surface area contributed by atoms with Gasteiger partial charge in [0.25, 0.3) is 0 Å². The molecule has 0 aliphatic carbocycles. The number of fused-ring (bicyclic) bond motifs is 1. The SMILES string of the molecule is O=S(=O)(Oc1ccc(Cl)cc1)c1cccc2ccccc12. The van der Waals surface area contributed by atoms with Crippen molar-refractivity contribution >= 4 is 32.5 Å². The van der Waals surface area contributed by atoms with Crippen LogP contribution in [-0.2, 0) is 10.1 Å². The van der Waals surface area contributed by atoms with Gasteiger partial charge in [-0.25, -0.2) is 0 Å². The predicted molar refractivity (Wildman–Crippen MR) is 83.2 cm³/mol. The summed E-state index contributed by atoms with van der Waals surface area (Å²) in [6.07, 6.45) is 0. The van der Waals surface area contributed by atoms with Crippen LogP contribution in [0.1, 0.15) is 0 Å². The van der Waals surface area contributed by atoms with Crippen LogP contribution in [0.5, 0.6) is 5.75 Å². The highest BCUT2D eigenvalue weighted by Crippen LogP contribution is 2.26. The maximum atomic E-state index is 12.4. The van der Waals surface area contributed by atoms with Crippen molar-refractivity contribution < 1.29 is 12.6 Å². The molecule has 0 atom stereocenters. The van der Waals surface area contributed by atoms with Crippen molar-refractivity contribution in [2.24, 2.45) is 0 Å². The van der Waals surface area contributed by atoms with E-state index in [0.717, 1.165) is 5.39 Å². The number of halogens is 1. The lowest BCUT2D eigenvalue weighted by atomic mass is 10.1. The molecule has 0 amide bonds. The first-order valence-electron chi connectivity index (χ1n) is 6.24. The largest absolute Gasteiger partial charge is 0.379 e. The van der Waals surface area contributed by atoms with Crippen LogP contribution in [0.3, 0.4) is 0 Å². The Morgan fingerprint density at radius 1 is 0.810 bits per heavy atom. The van der Waals surface area contributed by atoms with E-state index in [4.69, 9.17) is 15.8 Å². The smallest absolute Gasteiger partial charge is 0.339 e. The predicted octanol–water partition coefficient (Wildman–Crippen LogP) is 4.26. The summed E-state index contributed by atoms with van der Waals surface area (Å²) >= 11 is 5.77. The van der Waals surface area contributed by atoms with Gasteiger partial charge in [0.1, 0.15) is 10.6 Å². The fourth-order valence-electron chi connectivity index (χ4n) is 2.08. The molecule has 3 nitrogen and oxygen atoms in total. The second-order valence-corrected chi connectivity index (χ2v) is 6.42. The average Bonchev–Trinajstić information content (AvgIpc) is 2.49. The van der Waals surface area contributed by atoms with Crippen LogP contribution in [0.25, 0.3) is 10.8 Å². The quantitative estimate of drug-likeness (QED) is 0.678. The van der Waals surface area contributed by atoms with Crippen LogP contribution in [0.15, 0.2) is 71.6 Å². The Labute approximate surface area is 127 Å². The Bertz CT molecular complexity index is 882. The van der Waals surface area contributed by atoms with Gasteiger partial charge in [-0.3, -0.25) is 0 Å². The maximum absolute atomic E-state index is 12.4. The average molecular weight is 319 g/mol. The molecule has 21 heavy (non-hydrogen) atoms. The van der Waals surface area contributed by atoms with Crippen molar-refractivity contribution in [1.29, 1.82) is 0 Å². The van der Waals surface area contributed by atoms with E-state index < -0.39 is 10.1 Å². The molecule has 0 aromatic heterocycles. The van der Waals surface area contributed by atoms with Crippen LogP contribution in [0, 0.1) is 0 Å². The highest BCUT2D eigenvalue weighted by atomic mass is 35.5. The molecule has 0 aliphatic heterocycles. The lowest BCUT2D eigenvalue weighted by Crippen LogP contribution is -2.10. The van der Waals surface area contributed by atoms with E-state index in [2.05, 4.69) is 0 Å². The van der Waals surface area contributed by atoms with E-state index in [9.17, 15) is 8.42 Å². The van der Waals surface area contributed by atoms with Gasteiger partial charge < -0.3 is 4.18 Å². The number of rotatable bonds is 3. The summed E-state index contributed by atoms with van der Waals surface area (Å²) in [5.74, 6) is 0.229. The molecule has 0 fully saturated rings. The van der Waals surface area contributed by atoms with E-state index in [1.54, 1.807) is 30.3 Å². The molecule has 3 rings (SSSR count). The van der Waals surface area contributed by atoms with Gasteiger partial charge in [0, 0.05) is 10.4 Å². The van der Waals surface area contributed by atoms with Gasteiger partial charge in [0.2, 0.25) is 0 Å². The number of hydrogen-bond acceptors (Lipinski definition) is 3. The summed E-state index contributed by atoms with van der Waals surface area (Å²) in [6.45, 7) is 0. The fraction of sp³-hybridized carbons (Fsp3) is 0. The van der Waals surface area contributed by atoms with Crippen molar-refractivity contribution in [2.75, 3.05) is 0 Å². The molecule has 0 unspecified atom stereocenters. The third kappa shape index (κ3) is 2.86. The zero-order valence-corrected chi connectivity index (χ0v) is 12.4. The summed E-state index contributed by atoms with van der Waals surface area (Å²) in [7, 11) is -3.90. The molecule has 3 aromatic rings. The molecule has 0 heterocycles. The highest BCUT2D eigenvalue weighted by Gasteiger charge is 2.19. The molecule has 0 saturated carbocycles. The minimum absolute atomic E-state index is 0.149. The minimum Gasteiger partial charge on any atom is -0.379 e. The van der Waals surface area contributed by atoms with Crippen LogP contribution in [0.2, 0.25) is 5.02 Å². The van der Waals surface area contributed by atoms with Gasteiger partial charge in [-0.2, -0.15) is 8.42 Å². The Kier molecular flexibility index (Phi) is 3.57. The second-order valence-electron chi connectivity index (χ2n) is 4.47. The molecule has 0 spiro atoms. The third-order valence-electron chi connectivity index (χ3n) is 3.04. The fourth-order valence-corrected chi connectivity index (χ4v) is 3.36. The van der Waals surface area contributed by atoms with Gasteiger partial charge in [0.15, 0.2) is 0 Å². The van der Waals surface area contributed by atoms with E-state index in [-0.39, 0.29) is 10.6 Å². The highest BCUT2D eigenvalue weighted by molar-refractivity contribution is 7.87. The summed E-state index contributed by atoms with van der Waals surface area (Å²) < 4.78 is 30.1. The zero-order valence-electron chi connectivity index (χ0n) is 10.9. The van der Waals surface area contributed by atoms with E-state index >= 15 is 0 Å². The topological polar surface area (TPSA) is 43.4 Å². The number of benzene rings is 3. The Morgan fingerprint density at radius 3 is 2.24 bits per heavy atom. The van der Waals surface area contributed by atoms with Crippen molar-refractivity contribution in [1.82, 2.24) is 0 Å². The molecular formula is C16H11ClO3S. The first kappa shape index (κ1) is 13.9. The normalized spacial score (nSPS) is 11.5. The lowest BCUT2D eigenvalue weighted by molar-refractivity contribution is 0.487. The van der Waals surface area contributed by atoms with Crippen LogP contribution < -0.4 is 4.18 Å². The molecule has 0 bridgehead atoms. The van der Waals surface area contributed by atoms with E-state index in [0.29, 0.717) is 10.4 Å². The molecular weight excluding hydrogens is 308 g/mol. The van der Waals surface area contributed by atoms with Crippen LogP contribution in [0.4, 0.5) is 0 Å². The van der Waals surface area contributed by atoms with Gasteiger partial charge in [-0.1, -0.05) is 48.0 Å². The first-order chi connectivity index (χ1) is 10.1. The summed E-state index contributed by atoms with van der Waals surface area (Å²) in [6, 6.07) is 18.6. The van der Waals surface area contributed by atoms with E-state index in [1.807, 2.05) is 18.2 Å². The van der Waals surface area contributed by atoms with Crippen molar-refractivity contribution in [3.63, 3.8) is 0 Å². The molecule has 0 saturated heterocycles. The molecule has 5 heteroatoms. The molecule has 0 N–H and O–H groups in total. The van der Waals surface area contributed by atoms with Crippen molar-refractivity contribution in [2.45, 2.75) is 4.90 Å². The lowest BCUT2D eigenvalue weighted by Gasteiger charge is -2.09. The zero-order chi connectivity index (χ0) is 14.9. The monoisotopic (exact) mass is 318 g/mol. The number of hydrogen-bond donors (Lipinski definition) is 0. The Balaban J connectivity index is 2.06. The molecule has 0 radical (unpaired) electrons. The molecule has 106 valence electrons.